The highest BCUT2D eigenvalue weighted by Gasteiger charge is 2.59. The zero-order valence-electron chi connectivity index (χ0n) is 24.6. The van der Waals surface area contributed by atoms with Crippen LogP contribution in [0.15, 0.2) is 12.1 Å². The highest BCUT2D eigenvalue weighted by atomic mass is 16.7. The third-order valence-corrected chi connectivity index (χ3v) is 9.64. The van der Waals surface area contributed by atoms with Gasteiger partial charge in [-0.25, -0.2) is 0 Å². The number of carbonyl (C=O) groups excluding carboxylic acids is 2. The van der Waals surface area contributed by atoms with Crippen molar-refractivity contribution in [2.24, 2.45) is 0 Å². The van der Waals surface area contributed by atoms with Crippen LogP contribution in [0.3, 0.4) is 0 Å². The topological polar surface area (TPSA) is 160 Å². The number of likely N-dealkylation sites (N-methyl/N-ethyl adjacent to an activating group) is 1. The van der Waals surface area contributed by atoms with Crippen LogP contribution < -0.4 is 4.74 Å². The molecule has 0 spiro atoms. The maximum Gasteiger partial charge on any atom is 0.228 e. The number of ketones is 2. The van der Waals surface area contributed by atoms with Gasteiger partial charge < -0.3 is 39.9 Å². The van der Waals surface area contributed by atoms with Crippen LogP contribution >= 0.6 is 0 Å². The lowest BCUT2D eigenvalue weighted by Gasteiger charge is -2.53. The molecule has 7 atom stereocenters. The number of rotatable bonds is 4. The van der Waals surface area contributed by atoms with Gasteiger partial charge in [-0.3, -0.25) is 14.5 Å². The Kier molecular flexibility index (Phi) is 6.55. The predicted octanol–water partition coefficient (Wildman–Crippen LogP) is 1.57. The number of hydrogen-bond acceptors (Lipinski definition) is 11. The lowest BCUT2D eigenvalue weighted by Crippen LogP contribution is -2.68. The van der Waals surface area contributed by atoms with Gasteiger partial charge in [0.25, 0.3) is 0 Å². The van der Waals surface area contributed by atoms with E-state index < -0.39 is 59.1 Å². The maximum atomic E-state index is 14.3. The van der Waals surface area contributed by atoms with Crippen LogP contribution in [0.2, 0.25) is 0 Å². The molecule has 4 aliphatic rings. The van der Waals surface area contributed by atoms with Crippen LogP contribution in [0, 0.1) is 0 Å². The quantitative estimate of drug-likeness (QED) is 0.304. The number of nitrogens with zero attached hydrogens (tertiary/aromatic N) is 2. The molecule has 7 unspecified atom stereocenters. The molecule has 6 rings (SSSR count). The number of ether oxygens (including phenoxy) is 2. The highest BCUT2D eigenvalue weighted by molar-refractivity contribution is 6.31. The number of benzene rings is 2. The molecular formula is C31H38N2O9. The molecule has 2 aromatic carbocycles. The average molecular weight is 583 g/mol. The first-order valence-corrected chi connectivity index (χ1v) is 14.4. The van der Waals surface area contributed by atoms with Gasteiger partial charge in [0.15, 0.2) is 5.78 Å². The fourth-order valence-electron chi connectivity index (χ4n) is 7.57. The molecule has 1 saturated heterocycles. The summed E-state index contributed by atoms with van der Waals surface area (Å²) < 4.78 is 12.0. The molecule has 226 valence electrons. The molecule has 0 amide bonds. The summed E-state index contributed by atoms with van der Waals surface area (Å²) in [6.45, 7) is 8.53. The normalized spacial score (nSPS) is 33.2. The Morgan fingerprint density at radius 1 is 1.00 bits per heavy atom. The smallest absolute Gasteiger partial charge is 0.228 e. The van der Waals surface area contributed by atoms with E-state index in [1.54, 1.807) is 38.9 Å². The van der Waals surface area contributed by atoms with E-state index in [0.717, 1.165) is 0 Å². The van der Waals surface area contributed by atoms with Gasteiger partial charge in [0, 0.05) is 29.2 Å². The van der Waals surface area contributed by atoms with Crippen molar-refractivity contribution in [3.63, 3.8) is 0 Å². The van der Waals surface area contributed by atoms with Gasteiger partial charge in [0.05, 0.1) is 28.3 Å². The van der Waals surface area contributed by atoms with Crippen molar-refractivity contribution in [3.8, 4) is 17.2 Å². The number of hydrogen-bond donors (Lipinski definition) is 5. The summed E-state index contributed by atoms with van der Waals surface area (Å²) in [5.41, 5.74) is -2.18. The van der Waals surface area contributed by atoms with Crippen LogP contribution in [-0.2, 0) is 16.8 Å². The Morgan fingerprint density at radius 2 is 1.67 bits per heavy atom. The van der Waals surface area contributed by atoms with Gasteiger partial charge in [0.2, 0.25) is 12.1 Å². The van der Waals surface area contributed by atoms with Crippen molar-refractivity contribution >= 4 is 11.6 Å². The molecule has 2 bridgehead atoms. The summed E-state index contributed by atoms with van der Waals surface area (Å²) >= 11 is 0. The molecule has 0 aromatic heterocycles. The standard InChI is InChI=1S/C31H38N2O9/c1-7-33(8-2)16-12-30(3,40)11-13-9-14-19(24(36)18(13)16)25(37)20-17(34)10-15-27(21(20)23(14)35)41-29-26(38)22(32(5)6)28(39)31(15,4)42-29/h9-10,16,22,26,28-29,34,36,38-40H,7-8,11-12H2,1-6H3. The van der Waals surface area contributed by atoms with Crippen LogP contribution in [0.4, 0.5) is 0 Å². The zero-order chi connectivity index (χ0) is 30.6. The molecule has 0 saturated carbocycles. The Hall–Kier alpha value is -3.06. The van der Waals surface area contributed by atoms with Gasteiger partial charge in [-0.05, 0) is 65.1 Å². The number of phenolic OH excluding ortho intramolecular Hbond substituents is 2. The largest absolute Gasteiger partial charge is 0.507 e. The number of carbonyl (C=O) groups is 2. The first-order chi connectivity index (χ1) is 19.7. The fraction of sp³-hybridized carbons (Fsp3) is 0.548. The van der Waals surface area contributed by atoms with Gasteiger partial charge >= 0.3 is 0 Å². The molecule has 2 aliphatic carbocycles. The van der Waals surface area contributed by atoms with E-state index in [-0.39, 0.29) is 45.7 Å². The highest BCUT2D eigenvalue weighted by Crippen LogP contribution is 2.54. The minimum absolute atomic E-state index is 0.0638. The van der Waals surface area contributed by atoms with Crippen LogP contribution in [0.5, 0.6) is 17.2 Å². The molecule has 11 nitrogen and oxygen atoms in total. The molecule has 2 heterocycles. The third kappa shape index (κ3) is 3.81. The molecule has 42 heavy (non-hydrogen) atoms. The lowest BCUT2D eigenvalue weighted by molar-refractivity contribution is -0.311. The number of aliphatic hydroxyl groups excluding tert-OH is 2. The van der Waals surface area contributed by atoms with E-state index in [2.05, 4.69) is 4.90 Å². The van der Waals surface area contributed by atoms with E-state index in [1.807, 2.05) is 13.8 Å². The summed E-state index contributed by atoms with van der Waals surface area (Å²) in [5, 5.41) is 56.4. The van der Waals surface area contributed by atoms with Crippen molar-refractivity contribution < 1.29 is 44.6 Å². The Morgan fingerprint density at radius 3 is 2.29 bits per heavy atom. The molecule has 1 fully saturated rings. The van der Waals surface area contributed by atoms with Gasteiger partial charge in [-0.15, -0.1) is 0 Å². The Bertz CT molecular complexity index is 1510. The second-order valence-corrected chi connectivity index (χ2v) is 12.6. The average Bonchev–Trinajstić information content (AvgIpc) is 2.90. The number of aromatic hydroxyl groups is 2. The monoisotopic (exact) mass is 582 g/mol. The number of phenols is 2. The third-order valence-electron chi connectivity index (χ3n) is 9.64. The van der Waals surface area contributed by atoms with E-state index in [4.69, 9.17) is 9.47 Å². The van der Waals surface area contributed by atoms with Gasteiger partial charge in [-0.2, -0.15) is 0 Å². The summed E-state index contributed by atoms with van der Waals surface area (Å²) in [5.74, 6) is -2.31. The van der Waals surface area contributed by atoms with Gasteiger partial charge in [0.1, 0.15) is 35.1 Å². The van der Waals surface area contributed by atoms with Crippen molar-refractivity contribution in [3.05, 3.63) is 51.1 Å². The fourth-order valence-corrected chi connectivity index (χ4v) is 7.57. The summed E-state index contributed by atoms with van der Waals surface area (Å²) in [6, 6.07) is 1.63. The molecule has 0 radical (unpaired) electrons. The van der Waals surface area contributed by atoms with Crippen molar-refractivity contribution in [1.29, 1.82) is 0 Å². The van der Waals surface area contributed by atoms with Crippen LogP contribution in [-0.4, -0.2) is 104 Å². The van der Waals surface area contributed by atoms with E-state index >= 15 is 0 Å². The minimum Gasteiger partial charge on any atom is -0.507 e. The van der Waals surface area contributed by atoms with Crippen molar-refractivity contribution in [1.82, 2.24) is 9.80 Å². The SMILES string of the molecule is CCN(CC)C1CC(C)(O)Cc2cc3c(c(O)c21)C(=O)c1c(O)cc2c(c1C3=O)OC1OC2(C)C(O)C(N(C)C)C1O. The molecule has 5 N–H and O–H groups in total. The maximum absolute atomic E-state index is 14.3. The first-order valence-electron chi connectivity index (χ1n) is 14.4. The number of fused-ring (bicyclic) bond motifs is 8. The summed E-state index contributed by atoms with van der Waals surface area (Å²) in [6.07, 6.45) is -3.34. The van der Waals surface area contributed by atoms with E-state index in [1.165, 1.54) is 6.07 Å². The molecular weight excluding hydrogens is 544 g/mol. The summed E-state index contributed by atoms with van der Waals surface area (Å²) in [4.78, 5) is 32.1. The molecule has 11 heteroatoms. The van der Waals surface area contributed by atoms with E-state index in [9.17, 15) is 35.1 Å². The summed E-state index contributed by atoms with van der Waals surface area (Å²) in [7, 11) is 3.39. The van der Waals surface area contributed by atoms with Crippen LogP contribution in [0.1, 0.15) is 88.7 Å². The van der Waals surface area contributed by atoms with E-state index in [0.29, 0.717) is 30.6 Å². The first kappa shape index (κ1) is 29.0. The second-order valence-electron chi connectivity index (χ2n) is 12.6. The second kappa shape index (κ2) is 9.47. The van der Waals surface area contributed by atoms with Crippen LogP contribution in [0.25, 0.3) is 0 Å². The zero-order valence-corrected chi connectivity index (χ0v) is 24.6. The number of aliphatic hydroxyl groups is 3. The minimum atomic E-state index is -1.49. The molecule has 2 aromatic rings. The lowest BCUT2D eigenvalue weighted by atomic mass is 9.71. The molecule has 2 aliphatic heterocycles. The van der Waals surface area contributed by atoms with Crippen molar-refractivity contribution in [2.75, 3.05) is 27.2 Å². The predicted molar refractivity (Wildman–Crippen MR) is 150 cm³/mol. The Balaban J connectivity index is 1.57. The Labute approximate surface area is 243 Å². The van der Waals surface area contributed by atoms with Crippen molar-refractivity contribution in [2.45, 2.75) is 82.3 Å². The van der Waals surface area contributed by atoms with Gasteiger partial charge in [-0.1, -0.05) is 13.8 Å².